The zero-order valence-corrected chi connectivity index (χ0v) is 9.08. The van der Waals surface area contributed by atoms with Crippen molar-refractivity contribution in [2.24, 2.45) is 0 Å². The summed E-state index contributed by atoms with van der Waals surface area (Å²) in [6, 6.07) is 3.26. The Hall–Kier alpha value is -1.49. The molecule has 1 aromatic rings. The molecule has 1 aromatic carbocycles. The molecule has 1 N–H and O–H groups in total. The lowest BCUT2D eigenvalue weighted by molar-refractivity contribution is -0.147. The molecular formula is C12H12F2O3. The van der Waals surface area contributed by atoms with Crippen molar-refractivity contribution in [2.45, 2.75) is 18.3 Å². The van der Waals surface area contributed by atoms with Crippen LogP contribution in [0.1, 0.15) is 18.4 Å². The Bertz CT molecular complexity index is 439. The smallest absolute Gasteiger partial charge is 0.314 e. The van der Waals surface area contributed by atoms with E-state index in [2.05, 4.69) is 0 Å². The SMILES string of the molecule is O=C(O)C1(c2ccc(F)c(F)c2)CCOCC1. The molecule has 2 rings (SSSR count). The van der Waals surface area contributed by atoms with Gasteiger partial charge in [-0.05, 0) is 30.5 Å². The van der Waals surface area contributed by atoms with E-state index in [4.69, 9.17) is 4.74 Å². The minimum absolute atomic E-state index is 0.271. The van der Waals surface area contributed by atoms with Gasteiger partial charge in [0.2, 0.25) is 0 Å². The summed E-state index contributed by atoms with van der Waals surface area (Å²) < 4.78 is 31.1. The van der Waals surface area contributed by atoms with E-state index in [-0.39, 0.29) is 12.8 Å². The van der Waals surface area contributed by atoms with Crippen LogP contribution >= 0.6 is 0 Å². The number of rotatable bonds is 2. The summed E-state index contributed by atoms with van der Waals surface area (Å²) in [4.78, 5) is 11.4. The molecule has 1 heterocycles. The number of halogens is 2. The number of hydrogen-bond donors (Lipinski definition) is 1. The van der Waals surface area contributed by atoms with E-state index in [1.54, 1.807) is 0 Å². The Kier molecular flexibility index (Phi) is 3.11. The summed E-state index contributed by atoms with van der Waals surface area (Å²) in [5, 5.41) is 9.33. The average Bonchev–Trinajstić information content (AvgIpc) is 2.33. The molecule has 3 nitrogen and oxygen atoms in total. The van der Waals surface area contributed by atoms with Gasteiger partial charge in [0, 0.05) is 13.2 Å². The molecule has 1 saturated heterocycles. The van der Waals surface area contributed by atoms with Crippen molar-refractivity contribution in [1.82, 2.24) is 0 Å². The van der Waals surface area contributed by atoms with Crippen LogP contribution in [0.3, 0.4) is 0 Å². The first kappa shape index (κ1) is 12.0. The van der Waals surface area contributed by atoms with Gasteiger partial charge < -0.3 is 9.84 Å². The largest absolute Gasteiger partial charge is 0.481 e. The Morgan fingerprint density at radius 2 is 1.88 bits per heavy atom. The Morgan fingerprint density at radius 3 is 2.41 bits per heavy atom. The van der Waals surface area contributed by atoms with Crippen molar-refractivity contribution in [3.63, 3.8) is 0 Å². The molecule has 0 unspecified atom stereocenters. The zero-order valence-electron chi connectivity index (χ0n) is 9.08. The molecular weight excluding hydrogens is 230 g/mol. The standard InChI is InChI=1S/C12H12F2O3/c13-9-2-1-8(7-10(9)14)12(11(15)16)3-5-17-6-4-12/h1-2,7H,3-6H2,(H,15,16). The maximum Gasteiger partial charge on any atom is 0.314 e. The van der Waals surface area contributed by atoms with E-state index in [0.29, 0.717) is 18.8 Å². The number of ether oxygens (including phenoxy) is 1. The number of carbonyl (C=O) groups is 1. The number of hydrogen-bond acceptors (Lipinski definition) is 2. The number of benzene rings is 1. The highest BCUT2D eigenvalue weighted by Crippen LogP contribution is 2.35. The summed E-state index contributed by atoms with van der Waals surface area (Å²) in [6.45, 7) is 0.622. The van der Waals surface area contributed by atoms with Crippen molar-refractivity contribution < 1.29 is 23.4 Å². The first-order chi connectivity index (χ1) is 8.06. The molecule has 0 amide bonds. The highest BCUT2D eigenvalue weighted by molar-refractivity contribution is 5.81. The number of aliphatic carboxylic acids is 1. The fourth-order valence-electron chi connectivity index (χ4n) is 2.14. The molecule has 0 spiro atoms. The number of carboxylic acid groups (broad SMARTS) is 1. The summed E-state index contributed by atoms with van der Waals surface area (Å²) in [5.74, 6) is -3.01. The van der Waals surface area contributed by atoms with Crippen LogP contribution in [-0.2, 0) is 14.9 Å². The maximum absolute atomic E-state index is 13.2. The Balaban J connectivity index is 2.45. The summed E-state index contributed by atoms with van der Waals surface area (Å²) in [6.07, 6.45) is 0.542. The molecule has 0 bridgehead atoms. The van der Waals surface area contributed by atoms with Crippen LogP contribution in [0.5, 0.6) is 0 Å². The van der Waals surface area contributed by atoms with Gasteiger partial charge >= 0.3 is 5.97 Å². The minimum Gasteiger partial charge on any atom is -0.481 e. The monoisotopic (exact) mass is 242 g/mol. The van der Waals surface area contributed by atoms with Crippen LogP contribution in [0, 0.1) is 11.6 Å². The van der Waals surface area contributed by atoms with Crippen molar-refractivity contribution in [3.05, 3.63) is 35.4 Å². The Morgan fingerprint density at radius 1 is 1.24 bits per heavy atom. The second-order valence-electron chi connectivity index (χ2n) is 4.13. The molecule has 0 atom stereocenters. The summed E-state index contributed by atoms with van der Waals surface area (Å²) >= 11 is 0. The number of carboxylic acids is 1. The van der Waals surface area contributed by atoms with Crippen LogP contribution in [-0.4, -0.2) is 24.3 Å². The normalized spacial score (nSPS) is 18.9. The fourth-order valence-corrected chi connectivity index (χ4v) is 2.14. The van der Waals surface area contributed by atoms with Gasteiger partial charge in [0.15, 0.2) is 11.6 Å². The van der Waals surface area contributed by atoms with Crippen LogP contribution in [0.4, 0.5) is 8.78 Å². The van der Waals surface area contributed by atoms with Gasteiger partial charge in [-0.2, -0.15) is 0 Å². The lowest BCUT2D eigenvalue weighted by atomic mass is 9.74. The highest BCUT2D eigenvalue weighted by atomic mass is 19.2. The van der Waals surface area contributed by atoms with Crippen molar-refractivity contribution in [2.75, 3.05) is 13.2 Å². The lowest BCUT2D eigenvalue weighted by Gasteiger charge is -2.33. The Labute approximate surface area is 97.0 Å². The predicted molar refractivity (Wildman–Crippen MR) is 55.7 cm³/mol. The van der Waals surface area contributed by atoms with Gasteiger partial charge in [-0.3, -0.25) is 4.79 Å². The second-order valence-corrected chi connectivity index (χ2v) is 4.13. The first-order valence-electron chi connectivity index (χ1n) is 5.33. The van der Waals surface area contributed by atoms with Crippen molar-refractivity contribution in [1.29, 1.82) is 0 Å². The van der Waals surface area contributed by atoms with Crippen LogP contribution in [0.2, 0.25) is 0 Å². The van der Waals surface area contributed by atoms with Gasteiger partial charge in [-0.1, -0.05) is 6.07 Å². The third-order valence-electron chi connectivity index (χ3n) is 3.23. The first-order valence-corrected chi connectivity index (χ1v) is 5.33. The quantitative estimate of drug-likeness (QED) is 0.863. The molecule has 1 fully saturated rings. The molecule has 0 radical (unpaired) electrons. The van der Waals surface area contributed by atoms with Gasteiger partial charge in [-0.25, -0.2) is 8.78 Å². The zero-order chi connectivity index (χ0) is 12.5. The van der Waals surface area contributed by atoms with E-state index < -0.39 is 23.0 Å². The fraction of sp³-hybridized carbons (Fsp3) is 0.417. The highest BCUT2D eigenvalue weighted by Gasteiger charge is 2.42. The summed E-state index contributed by atoms with van der Waals surface area (Å²) in [5.41, 5.74) is -0.862. The van der Waals surface area contributed by atoms with E-state index in [0.717, 1.165) is 12.1 Å². The molecule has 92 valence electrons. The van der Waals surface area contributed by atoms with Crippen molar-refractivity contribution >= 4 is 5.97 Å². The molecule has 5 heteroatoms. The summed E-state index contributed by atoms with van der Waals surface area (Å²) in [7, 11) is 0. The molecule has 0 saturated carbocycles. The van der Waals surface area contributed by atoms with Gasteiger partial charge in [0.05, 0.1) is 5.41 Å². The van der Waals surface area contributed by atoms with E-state index in [1.165, 1.54) is 6.07 Å². The molecule has 0 aromatic heterocycles. The average molecular weight is 242 g/mol. The third-order valence-corrected chi connectivity index (χ3v) is 3.23. The molecule has 17 heavy (non-hydrogen) atoms. The molecule has 0 aliphatic carbocycles. The van der Waals surface area contributed by atoms with E-state index in [1.807, 2.05) is 0 Å². The molecule has 1 aliphatic heterocycles. The van der Waals surface area contributed by atoms with Crippen molar-refractivity contribution in [3.8, 4) is 0 Å². The lowest BCUT2D eigenvalue weighted by Crippen LogP contribution is -2.41. The van der Waals surface area contributed by atoms with Crippen LogP contribution < -0.4 is 0 Å². The molecule has 1 aliphatic rings. The van der Waals surface area contributed by atoms with Crippen LogP contribution in [0.25, 0.3) is 0 Å². The van der Waals surface area contributed by atoms with Gasteiger partial charge in [0.1, 0.15) is 0 Å². The second kappa shape index (κ2) is 4.41. The topological polar surface area (TPSA) is 46.5 Å². The van der Waals surface area contributed by atoms with E-state index in [9.17, 15) is 18.7 Å². The minimum atomic E-state index is -1.16. The van der Waals surface area contributed by atoms with Gasteiger partial charge in [-0.15, -0.1) is 0 Å². The third kappa shape index (κ3) is 2.02. The van der Waals surface area contributed by atoms with E-state index >= 15 is 0 Å². The van der Waals surface area contributed by atoms with Gasteiger partial charge in [0.25, 0.3) is 0 Å². The maximum atomic E-state index is 13.2. The predicted octanol–water partition coefficient (Wildman–Crippen LogP) is 2.10. The van der Waals surface area contributed by atoms with Crippen LogP contribution in [0.15, 0.2) is 18.2 Å².